The van der Waals surface area contributed by atoms with Crippen molar-refractivity contribution in [1.82, 2.24) is 15.3 Å². The molecule has 1 aliphatic rings. The fourth-order valence-electron chi connectivity index (χ4n) is 2.39. The van der Waals surface area contributed by atoms with Crippen LogP contribution in [0.1, 0.15) is 39.3 Å². The molecule has 0 radical (unpaired) electrons. The summed E-state index contributed by atoms with van der Waals surface area (Å²) in [5.41, 5.74) is 0.910. The Morgan fingerprint density at radius 2 is 2.05 bits per heavy atom. The first-order chi connectivity index (χ1) is 9.17. The average molecular weight is 265 g/mol. The van der Waals surface area contributed by atoms with Crippen molar-refractivity contribution in [2.24, 2.45) is 0 Å². The number of nitrogens with one attached hydrogen (secondary N) is 1. The molecule has 1 aromatic heterocycles. The first kappa shape index (κ1) is 14.2. The summed E-state index contributed by atoms with van der Waals surface area (Å²) >= 11 is 0. The molecular weight excluding hydrogens is 242 g/mol. The van der Waals surface area contributed by atoms with Gasteiger partial charge in [0.15, 0.2) is 0 Å². The molecule has 1 aliphatic heterocycles. The first-order valence-electron chi connectivity index (χ1n) is 7.01. The maximum atomic E-state index is 5.94. The Morgan fingerprint density at radius 3 is 2.74 bits per heavy atom. The topological polar surface area (TPSA) is 56.3 Å². The molecule has 1 N–H and O–H groups in total. The summed E-state index contributed by atoms with van der Waals surface area (Å²) < 4.78 is 11.6. The lowest BCUT2D eigenvalue weighted by Gasteiger charge is -2.31. The Morgan fingerprint density at radius 1 is 1.32 bits per heavy atom. The maximum Gasteiger partial charge on any atom is 0.232 e. The molecule has 2 unspecified atom stereocenters. The third-order valence-corrected chi connectivity index (χ3v) is 3.16. The van der Waals surface area contributed by atoms with Crippen molar-refractivity contribution in [2.75, 3.05) is 6.54 Å². The van der Waals surface area contributed by atoms with E-state index in [4.69, 9.17) is 9.47 Å². The summed E-state index contributed by atoms with van der Waals surface area (Å²) in [5, 5.41) is 3.23. The second-order valence-electron chi connectivity index (χ2n) is 5.10. The Kier molecular flexibility index (Phi) is 5.10. The predicted molar refractivity (Wildman–Crippen MR) is 73.1 cm³/mol. The van der Waals surface area contributed by atoms with E-state index >= 15 is 0 Å². The molecule has 0 amide bonds. The third kappa shape index (κ3) is 4.44. The Hall–Kier alpha value is -1.20. The maximum absolute atomic E-state index is 5.94. The number of rotatable bonds is 5. The summed E-state index contributed by atoms with van der Waals surface area (Å²) in [7, 11) is 0. The van der Waals surface area contributed by atoms with E-state index in [1.54, 1.807) is 12.4 Å². The van der Waals surface area contributed by atoms with Gasteiger partial charge in [0, 0.05) is 25.6 Å². The monoisotopic (exact) mass is 265 g/mol. The van der Waals surface area contributed by atoms with Gasteiger partial charge in [-0.3, -0.25) is 4.98 Å². The molecule has 5 heteroatoms. The minimum Gasteiger partial charge on any atom is -0.473 e. The standard InChI is InChI=1S/C14H23N3O2/c1-4-15-7-12-8-16-9-14(17-12)19-13-5-10(2)18-11(3)6-13/h8-11,13,15H,4-7H2,1-3H3. The van der Waals surface area contributed by atoms with Gasteiger partial charge in [-0.2, -0.15) is 0 Å². The largest absolute Gasteiger partial charge is 0.473 e. The second kappa shape index (κ2) is 6.82. The van der Waals surface area contributed by atoms with Crippen LogP contribution in [-0.4, -0.2) is 34.8 Å². The van der Waals surface area contributed by atoms with Crippen LogP contribution in [0.3, 0.4) is 0 Å². The van der Waals surface area contributed by atoms with Crippen LogP contribution in [-0.2, 0) is 11.3 Å². The van der Waals surface area contributed by atoms with Gasteiger partial charge in [0.1, 0.15) is 6.10 Å². The summed E-state index contributed by atoms with van der Waals surface area (Å²) in [4.78, 5) is 8.65. The smallest absolute Gasteiger partial charge is 0.232 e. The Labute approximate surface area is 114 Å². The molecule has 2 heterocycles. The fraction of sp³-hybridized carbons (Fsp3) is 0.714. The van der Waals surface area contributed by atoms with E-state index in [0.717, 1.165) is 31.6 Å². The highest BCUT2D eigenvalue weighted by Crippen LogP contribution is 2.22. The third-order valence-electron chi connectivity index (χ3n) is 3.16. The zero-order valence-corrected chi connectivity index (χ0v) is 11.9. The van der Waals surface area contributed by atoms with Crippen LogP contribution in [0.15, 0.2) is 12.4 Å². The van der Waals surface area contributed by atoms with Gasteiger partial charge in [0.05, 0.1) is 24.1 Å². The van der Waals surface area contributed by atoms with Crippen molar-refractivity contribution in [3.8, 4) is 5.88 Å². The summed E-state index contributed by atoms with van der Waals surface area (Å²) in [6, 6.07) is 0. The van der Waals surface area contributed by atoms with E-state index in [9.17, 15) is 0 Å². The zero-order valence-electron chi connectivity index (χ0n) is 11.9. The van der Waals surface area contributed by atoms with Crippen LogP contribution in [0.5, 0.6) is 5.88 Å². The summed E-state index contributed by atoms with van der Waals surface area (Å²) in [6.45, 7) is 7.88. The van der Waals surface area contributed by atoms with Gasteiger partial charge in [0.25, 0.3) is 0 Å². The molecule has 1 fully saturated rings. The van der Waals surface area contributed by atoms with Gasteiger partial charge in [0.2, 0.25) is 5.88 Å². The summed E-state index contributed by atoms with van der Waals surface area (Å²) in [5.74, 6) is 0.613. The zero-order chi connectivity index (χ0) is 13.7. The average Bonchev–Trinajstić information content (AvgIpc) is 2.35. The lowest BCUT2D eigenvalue weighted by Crippen LogP contribution is -2.35. The highest BCUT2D eigenvalue weighted by Gasteiger charge is 2.26. The molecule has 1 saturated heterocycles. The van der Waals surface area contributed by atoms with Crippen molar-refractivity contribution < 1.29 is 9.47 Å². The lowest BCUT2D eigenvalue weighted by molar-refractivity contribution is -0.0730. The van der Waals surface area contributed by atoms with Crippen molar-refractivity contribution in [3.63, 3.8) is 0 Å². The summed E-state index contributed by atoms with van der Waals surface area (Å²) in [6.07, 6.45) is 5.92. The van der Waals surface area contributed by atoms with Crippen LogP contribution in [0, 0.1) is 0 Å². The highest BCUT2D eigenvalue weighted by atomic mass is 16.5. The van der Waals surface area contributed by atoms with E-state index in [1.807, 2.05) is 0 Å². The molecule has 0 aliphatic carbocycles. The number of ether oxygens (including phenoxy) is 2. The van der Waals surface area contributed by atoms with Gasteiger partial charge in [-0.15, -0.1) is 0 Å². The van der Waals surface area contributed by atoms with Crippen LogP contribution < -0.4 is 10.1 Å². The first-order valence-corrected chi connectivity index (χ1v) is 7.01. The quantitative estimate of drug-likeness (QED) is 0.881. The van der Waals surface area contributed by atoms with Gasteiger partial charge >= 0.3 is 0 Å². The Balaban J connectivity index is 1.94. The molecule has 0 spiro atoms. The SMILES string of the molecule is CCNCc1cncc(OC2CC(C)OC(C)C2)n1. The van der Waals surface area contributed by atoms with Gasteiger partial charge in [-0.1, -0.05) is 6.92 Å². The molecule has 0 saturated carbocycles. The van der Waals surface area contributed by atoms with Gasteiger partial charge in [-0.25, -0.2) is 4.98 Å². The second-order valence-corrected chi connectivity index (χ2v) is 5.10. The van der Waals surface area contributed by atoms with Crippen molar-refractivity contribution in [1.29, 1.82) is 0 Å². The van der Waals surface area contributed by atoms with E-state index in [2.05, 4.69) is 36.1 Å². The number of hydrogen-bond donors (Lipinski definition) is 1. The molecule has 1 aromatic rings. The molecule has 5 nitrogen and oxygen atoms in total. The van der Waals surface area contributed by atoms with Gasteiger partial charge < -0.3 is 14.8 Å². The molecule has 19 heavy (non-hydrogen) atoms. The van der Waals surface area contributed by atoms with E-state index in [1.165, 1.54) is 0 Å². The minimum absolute atomic E-state index is 0.169. The van der Waals surface area contributed by atoms with Gasteiger partial charge in [-0.05, 0) is 20.4 Å². The molecule has 0 bridgehead atoms. The van der Waals surface area contributed by atoms with Crippen molar-refractivity contribution in [2.45, 2.75) is 58.5 Å². The van der Waals surface area contributed by atoms with Crippen molar-refractivity contribution in [3.05, 3.63) is 18.1 Å². The highest BCUT2D eigenvalue weighted by molar-refractivity contribution is 5.09. The number of nitrogens with zero attached hydrogens (tertiary/aromatic N) is 2. The lowest BCUT2D eigenvalue weighted by atomic mass is 10.0. The molecule has 2 atom stereocenters. The molecule has 106 valence electrons. The fourth-order valence-corrected chi connectivity index (χ4v) is 2.39. The minimum atomic E-state index is 0.169. The number of hydrogen-bond acceptors (Lipinski definition) is 5. The molecular formula is C14H23N3O2. The molecule has 2 rings (SSSR count). The Bertz CT molecular complexity index is 390. The van der Waals surface area contributed by atoms with Crippen LogP contribution >= 0.6 is 0 Å². The normalized spacial score (nSPS) is 27.2. The van der Waals surface area contributed by atoms with Crippen LogP contribution in [0.25, 0.3) is 0 Å². The van der Waals surface area contributed by atoms with Crippen LogP contribution in [0.2, 0.25) is 0 Å². The molecule has 0 aromatic carbocycles. The van der Waals surface area contributed by atoms with E-state index < -0.39 is 0 Å². The van der Waals surface area contributed by atoms with Crippen LogP contribution in [0.4, 0.5) is 0 Å². The van der Waals surface area contributed by atoms with Crippen molar-refractivity contribution >= 4 is 0 Å². The predicted octanol–water partition coefficient (Wildman–Crippen LogP) is 1.92. The van der Waals surface area contributed by atoms with E-state index in [-0.39, 0.29) is 18.3 Å². The van der Waals surface area contributed by atoms with E-state index in [0.29, 0.717) is 5.88 Å². The number of aromatic nitrogens is 2.